The molecule has 2 heterocycles. The minimum atomic E-state index is -3.05. The zero-order valence-electron chi connectivity index (χ0n) is 9.01. The molecule has 0 saturated heterocycles. The lowest BCUT2D eigenvalue weighted by atomic mass is 10.3. The largest absolute Gasteiger partial charge is 0.346 e. The van der Waals surface area contributed by atoms with E-state index < -0.39 is 9.84 Å². The van der Waals surface area contributed by atoms with Gasteiger partial charge in [0, 0.05) is 5.41 Å². The standard InChI is InChI=1S/C9H12N4O2S/c1-6-7(2)12-13-9(10-6)11-8-3-4-16(14,15)5-8/h3-4,8H,5H2,1-2H3,(H,10,11,13). The topological polar surface area (TPSA) is 84.8 Å². The second kappa shape index (κ2) is 3.82. The Bertz CT molecular complexity index is 538. The summed E-state index contributed by atoms with van der Waals surface area (Å²) in [6, 6.07) is -0.270. The molecule has 1 unspecified atom stereocenters. The van der Waals surface area contributed by atoms with Crippen molar-refractivity contribution in [3.63, 3.8) is 0 Å². The van der Waals surface area contributed by atoms with Gasteiger partial charge in [0.15, 0.2) is 9.84 Å². The molecule has 0 spiro atoms. The zero-order chi connectivity index (χ0) is 11.8. The van der Waals surface area contributed by atoms with Crippen molar-refractivity contribution in [2.24, 2.45) is 0 Å². The van der Waals surface area contributed by atoms with E-state index in [9.17, 15) is 8.42 Å². The first-order valence-electron chi connectivity index (χ1n) is 4.82. The fourth-order valence-electron chi connectivity index (χ4n) is 1.35. The summed E-state index contributed by atoms with van der Waals surface area (Å²) >= 11 is 0. The minimum Gasteiger partial charge on any atom is -0.346 e. The average Bonchev–Trinajstić information content (AvgIpc) is 2.52. The average molecular weight is 240 g/mol. The first kappa shape index (κ1) is 11.0. The van der Waals surface area contributed by atoms with Crippen LogP contribution in [0.2, 0.25) is 0 Å². The van der Waals surface area contributed by atoms with Crippen LogP contribution in [0.4, 0.5) is 5.95 Å². The first-order valence-corrected chi connectivity index (χ1v) is 6.53. The van der Waals surface area contributed by atoms with Gasteiger partial charge in [-0.15, -0.1) is 5.10 Å². The van der Waals surface area contributed by atoms with Gasteiger partial charge >= 0.3 is 0 Å². The van der Waals surface area contributed by atoms with Crippen LogP contribution in [0.25, 0.3) is 0 Å². The van der Waals surface area contributed by atoms with Crippen LogP contribution in [-0.2, 0) is 9.84 Å². The molecule has 7 heteroatoms. The van der Waals surface area contributed by atoms with E-state index in [4.69, 9.17) is 0 Å². The summed E-state index contributed by atoms with van der Waals surface area (Å²) in [5.41, 5.74) is 1.54. The predicted molar refractivity (Wildman–Crippen MR) is 59.6 cm³/mol. The van der Waals surface area contributed by atoms with Crippen molar-refractivity contribution in [2.75, 3.05) is 11.1 Å². The summed E-state index contributed by atoms with van der Waals surface area (Å²) in [5, 5.41) is 11.9. The Hall–Kier alpha value is -1.50. The van der Waals surface area contributed by atoms with Crippen molar-refractivity contribution in [1.29, 1.82) is 0 Å². The molecule has 0 bridgehead atoms. The molecule has 0 saturated carbocycles. The Balaban J connectivity index is 2.11. The van der Waals surface area contributed by atoms with Crippen molar-refractivity contribution in [3.8, 4) is 0 Å². The molecule has 0 radical (unpaired) electrons. The molecule has 86 valence electrons. The van der Waals surface area contributed by atoms with E-state index in [1.807, 2.05) is 13.8 Å². The Kier molecular flexibility index (Phi) is 2.63. The molecule has 1 aromatic heterocycles. The molecule has 16 heavy (non-hydrogen) atoms. The molecular weight excluding hydrogens is 228 g/mol. The molecule has 1 atom stereocenters. The molecule has 0 aliphatic carbocycles. The number of hydrogen-bond donors (Lipinski definition) is 1. The number of nitrogens with zero attached hydrogens (tertiary/aromatic N) is 3. The highest BCUT2D eigenvalue weighted by atomic mass is 32.2. The lowest BCUT2D eigenvalue weighted by Gasteiger charge is -2.09. The van der Waals surface area contributed by atoms with E-state index in [1.54, 1.807) is 6.08 Å². The summed E-state index contributed by atoms with van der Waals surface area (Å²) < 4.78 is 22.3. The summed E-state index contributed by atoms with van der Waals surface area (Å²) in [6.45, 7) is 3.65. The van der Waals surface area contributed by atoms with Crippen molar-refractivity contribution in [1.82, 2.24) is 15.2 Å². The fraction of sp³-hybridized carbons (Fsp3) is 0.444. The van der Waals surface area contributed by atoms with Gasteiger partial charge in [-0.05, 0) is 19.9 Å². The highest BCUT2D eigenvalue weighted by molar-refractivity contribution is 7.94. The number of hydrogen-bond acceptors (Lipinski definition) is 6. The number of nitrogens with one attached hydrogen (secondary N) is 1. The van der Waals surface area contributed by atoms with Crippen LogP contribution in [0.1, 0.15) is 11.4 Å². The molecule has 1 aliphatic rings. The van der Waals surface area contributed by atoms with Gasteiger partial charge in [-0.1, -0.05) is 0 Å². The Labute approximate surface area is 93.7 Å². The third kappa shape index (κ3) is 2.35. The summed E-state index contributed by atoms with van der Waals surface area (Å²) in [6.07, 6.45) is 1.59. The van der Waals surface area contributed by atoms with E-state index in [0.717, 1.165) is 11.4 Å². The smallest absolute Gasteiger partial charge is 0.243 e. The highest BCUT2D eigenvalue weighted by Gasteiger charge is 2.22. The lowest BCUT2D eigenvalue weighted by molar-refractivity contribution is 0.605. The number of anilines is 1. The van der Waals surface area contributed by atoms with Gasteiger partial charge in [-0.3, -0.25) is 0 Å². The summed E-state index contributed by atoms with van der Waals surface area (Å²) in [4.78, 5) is 4.17. The monoisotopic (exact) mass is 240 g/mol. The molecule has 0 amide bonds. The van der Waals surface area contributed by atoms with Crippen molar-refractivity contribution in [3.05, 3.63) is 22.9 Å². The van der Waals surface area contributed by atoms with Gasteiger partial charge in [0.25, 0.3) is 0 Å². The second-order valence-electron chi connectivity index (χ2n) is 3.72. The molecule has 0 fully saturated rings. The van der Waals surface area contributed by atoms with Crippen molar-refractivity contribution < 1.29 is 8.42 Å². The molecule has 6 nitrogen and oxygen atoms in total. The SMILES string of the molecule is Cc1nnc(NC2C=CS(=O)(=O)C2)nc1C. The highest BCUT2D eigenvalue weighted by Crippen LogP contribution is 2.12. The van der Waals surface area contributed by atoms with Gasteiger partial charge in [0.2, 0.25) is 5.95 Å². The van der Waals surface area contributed by atoms with Crippen molar-refractivity contribution in [2.45, 2.75) is 19.9 Å². The third-order valence-electron chi connectivity index (χ3n) is 2.34. The van der Waals surface area contributed by atoms with Gasteiger partial charge in [0.05, 0.1) is 23.2 Å². The maximum Gasteiger partial charge on any atom is 0.243 e. The van der Waals surface area contributed by atoms with Gasteiger partial charge in [-0.25, -0.2) is 13.4 Å². The van der Waals surface area contributed by atoms with Crippen LogP contribution in [-0.4, -0.2) is 35.4 Å². The van der Waals surface area contributed by atoms with Gasteiger partial charge < -0.3 is 5.32 Å². The quantitative estimate of drug-likeness (QED) is 0.795. The Morgan fingerprint density at radius 1 is 1.31 bits per heavy atom. The maximum absolute atomic E-state index is 11.2. The maximum atomic E-state index is 11.2. The lowest BCUT2D eigenvalue weighted by Crippen LogP contribution is -2.22. The molecule has 1 aromatic rings. The molecule has 0 aromatic carbocycles. The third-order valence-corrected chi connectivity index (χ3v) is 3.73. The second-order valence-corrected chi connectivity index (χ2v) is 5.65. The zero-order valence-corrected chi connectivity index (χ0v) is 9.82. The fourth-order valence-corrected chi connectivity index (χ4v) is 2.58. The number of sulfone groups is 1. The van der Waals surface area contributed by atoms with E-state index in [0.29, 0.717) is 5.95 Å². The van der Waals surface area contributed by atoms with Crippen LogP contribution in [0.15, 0.2) is 11.5 Å². The van der Waals surface area contributed by atoms with E-state index in [-0.39, 0.29) is 11.8 Å². The number of rotatable bonds is 2. The predicted octanol–water partition coefficient (Wildman–Crippen LogP) is 0.211. The van der Waals surface area contributed by atoms with Crippen LogP contribution >= 0.6 is 0 Å². The first-order chi connectivity index (χ1) is 7.46. The van der Waals surface area contributed by atoms with E-state index >= 15 is 0 Å². The molecular formula is C9H12N4O2S. The normalized spacial score (nSPS) is 22.2. The van der Waals surface area contributed by atoms with Gasteiger partial charge in [0.1, 0.15) is 0 Å². The van der Waals surface area contributed by atoms with E-state index in [2.05, 4.69) is 20.5 Å². The Morgan fingerprint density at radius 3 is 2.62 bits per heavy atom. The Morgan fingerprint density at radius 2 is 2.06 bits per heavy atom. The van der Waals surface area contributed by atoms with Crippen molar-refractivity contribution >= 4 is 15.8 Å². The van der Waals surface area contributed by atoms with Crippen LogP contribution in [0, 0.1) is 13.8 Å². The minimum absolute atomic E-state index is 0.0449. The number of aryl methyl sites for hydroxylation is 2. The molecule has 2 rings (SSSR count). The molecule has 1 N–H and O–H groups in total. The van der Waals surface area contributed by atoms with Crippen LogP contribution in [0.5, 0.6) is 0 Å². The summed E-state index contributed by atoms with van der Waals surface area (Å²) in [5.74, 6) is 0.401. The molecule has 1 aliphatic heterocycles. The van der Waals surface area contributed by atoms with Crippen LogP contribution < -0.4 is 5.32 Å². The summed E-state index contributed by atoms with van der Waals surface area (Å²) in [7, 11) is -3.05. The number of aromatic nitrogens is 3. The van der Waals surface area contributed by atoms with E-state index in [1.165, 1.54) is 5.41 Å². The van der Waals surface area contributed by atoms with Crippen LogP contribution in [0.3, 0.4) is 0 Å². The van der Waals surface area contributed by atoms with Gasteiger partial charge in [-0.2, -0.15) is 5.10 Å².